The average molecular weight is 291 g/mol. The van der Waals surface area contributed by atoms with E-state index >= 15 is 0 Å². The maximum Gasteiger partial charge on any atom is 0.166 e. The fourth-order valence-corrected chi connectivity index (χ4v) is 3.82. The van der Waals surface area contributed by atoms with Gasteiger partial charge in [0.05, 0.1) is 25.1 Å². The van der Waals surface area contributed by atoms with Crippen LogP contribution in [0.4, 0.5) is 5.82 Å². The van der Waals surface area contributed by atoms with E-state index in [2.05, 4.69) is 15.0 Å². The van der Waals surface area contributed by atoms with Gasteiger partial charge >= 0.3 is 0 Å². The molecule has 0 aliphatic heterocycles. The van der Waals surface area contributed by atoms with Crippen molar-refractivity contribution in [2.45, 2.75) is 31.6 Å². The van der Waals surface area contributed by atoms with E-state index in [9.17, 15) is 15.3 Å². The van der Waals surface area contributed by atoms with Crippen LogP contribution in [0.2, 0.25) is 0 Å². The molecule has 2 aliphatic rings. The van der Waals surface area contributed by atoms with Gasteiger partial charge in [-0.05, 0) is 19.3 Å². The lowest BCUT2D eigenvalue weighted by molar-refractivity contribution is -0.0300. The van der Waals surface area contributed by atoms with Crippen molar-refractivity contribution < 1.29 is 15.3 Å². The first kappa shape index (κ1) is 12.9. The predicted molar refractivity (Wildman–Crippen MR) is 73.1 cm³/mol. The van der Waals surface area contributed by atoms with Gasteiger partial charge in [-0.2, -0.15) is 0 Å². The fraction of sp³-hybridized carbons (Fsp3) is 0.615. The summed E-state index contributed by atoms with van der Waals surface area (Å²) in [5.41, 5.74) is 6.30. The molecule has 8 nitrogen and oxygen atoms in total. The molecule has 112 valence electrons. The first-order valence-electron chi connectivity index (χ1n) is 6.93. The normalized spacial score (nSPS) is 37.9. The smallest absolute Gasteiger partial charge is 0.166 e. The van der Waals surface area contributed by atoms with Crippen molar-refractivity contribution >= 4 is 17.0 Å². The zero-order valence-corrected chi connectivity index (χ0v) is 11.5. The van der Waals surface area contributed by atoms with Gasteiger partial charge in [0.25, 0.3) is 0 Å². The number of fused-ring (bicyclic) bond motifs is 2. The predicted octanol–water partition coefficient (Wildman–Crippen LogP) is -1.01. The van der Waals surface area contributed by atoms with Crippen LogP contribution < -0.4 is 5.73 Å². The van der Waals surface area contributed by atoms with Gasteiger partial charge in [-0.1, -0.05) is 0 Å². The van der Waals surface area contributed by atoms with Gasteiger partial charge in [0.1, 0.15) is 17.4 Å². The number of nitrogens with two attached hydrogens (primary N) is 1. The summed E-state index contributed by atoms with van der Waals surface area (Å²) >= 11 is 0. The molecule has 5 atom stereocenters. The van der Waals surface area contributed by atoms with Crippen molar-refractivity contribution in [1.29, 1.82) is 0 Å². The summed E-state index contributed by atoms with van der Waals surface area (Å²) in [6.07, 6.45) is 0.368. The maximum absolute atomic E-state index is 10.3. The lowest BCUT2D eigenvalue weighted by Gasteiger charge is -2.23. The summed E-state index contributed by atoms with van der Waals surface area (Å²) in [6, 6.07) is -0.356. The third-order valence-corrected chi connectivity index (χ3v) is 5.03. The Morgan fingerprint density at radius 1 is 1.43 bits per heavy atom. The first-order chi connectivity index (χ1) is 9.99. The van der Waals surface area contributed by atoms with Gasteiger partial charge in [0.2, 0.25) is 0 Å². The van der Waals surface area contributed by atoms with Crippen LogP contribution in [0, 0.1) is 18.3 Å². The highest BCUT2D eigenvalue weighted by molar-refractivity contribution is 5.81. The number of nitrogens with zero attached hydrogens (tertiary/aromatic N) is 4. The molecule has 21 heavy (non-hydrogen) atoms. The number of hydrogen-bond donors (Lipinski definition) is 4. The Bertz CT molecular complexity index is 732. The van der Waals surface area contributed by atoms with Crippen LogP contribution in [0.15, 0.2) is 6.33 Å². The summed E-state index contributed by atoms with van der Waals surface area (Å²) in [7, 11) is 0. The van der Waals surface area contributed by atoms with Gasteiger partial charge in [-0.15, -0.1) is 0 Å². The van der Waals surface area contributed by atoms with Crippen LogP contribution in [-0.4, -0.2) is 53.7 Å². The summed E-state index contributed by atoms with van der Waals surface area (Å²) in [6.45, 7) is 1.61. The van der Waals surface area contributed by atoms with E-state index in [0.717, 1.165) is 0 Å². The van der Waals surface area contributed by atoms with Crippen LogP contribution in [-0.2, 0) is 0 Å². The minimum Gasteiger partial charge on any atom is -0.396 e. The number of rotatable bonds is 2. The zero-order valence-electron chi connectivity index (χ0n) is 11.5. The molecular weight excluding hydrogens is 274 g/mol. The summed E-state index contributed by atoms with van der Waals surface area (Å²) in [5, 5.41) is 30.1. The Morgan fingerprint density at radius 2 is 2.19 bits per heavy atom. The molecule has 0 aromatic carbocycles. The number of imidazole rings is 1. The summed E-state index contributed by atoms with van der Waals surface area (Å²) in [4.78, 5) is 12.7. The Hall–Kier alpha value is -1.77. The van der Waals surface area contributed by atoms with Crippen LogP contribution in [0.25, 0.3) is 11.2 Å². The molecule has 2 aromatic heterocycles. The molecular formula is C13H17N5O3. The molecule has 0 spiro atoms. The second-order valence-electron chi connectivity index (χ2n) is 6.11. The molecule has 0 amide bonds. The molecule has 2 aliphatic carbocycles. The number of hydrogen-bond acceptors (Lipinski definition) is 7. The second kappa shape index (κ2) is 3.90. The van der Waals surface area contributed by atoms with Crippen LogP contribution in [0.1, 0.15) is 18.3 Å². The Balaban J connectivity index is 1.85. The van der Waals surface area contributed by atoms with Crippen molar-refractivity contribution in [3.63, 3.8) is 0 Å². The summed E-state index contributed by atoms with van der Waals surface area (Å²) in [5.74, 6) is 0.842. The highest BCUT2D eigenvalue weighted by atomic mass is 16.3. The number of anilines is 1. The SMILES string of the molecule is Cc1nc(N)c2ncn([C@@H]3[C@H]4C[C@]4(CO)C(O)[C@@H]3O)c2n1. The topological polar surface area (TPSA) is 130 Å². The molecule has 0 bridgehead atoms. The molecule has 0 saturated heterocycles. The van der Waals surface area contributed by atoms with E-state index in [1.54, 1.807) is 17.8 Å². The monoisotopic (exact) mass is 291 g/mol. The van der Waals surface area contributed by atoms with Crippen LogP contribution >= 0.6 is 0 Å². The number of aliphatic hydroxyl groups excluding tert-OH is 3. The van der Waals surface area contributed by atoms with Crippen molar-refractivity contribution in [3.8, 4) is 0 Å². The molecule has 2 aromatic rings. The molecule has 2 saturated carbocycles. The number of aryl methyl sites for hydroxylation is 1. The van der Waals surface area contributed by atoms with Gasteiger partial charge in [0.15, 0.2) is 11.5 Å². The molecule has 4 rings (SSSR count). The van der Waals surface area contributed by atoms with Crippen LogP contribution in [0.5, 0.6) is 0 Å². The van der Waals surface area contributed by atoms with E-state index in [4.69, 9.17) is 5.73 Å². The highest BCUT2D eigenvalue weighted by Crippen LogP contribution is 2.67. The average Bonchev–Trinajstić information content (AvgIpc) is 2.97. The Labute approximate surface area is 120 Å². The number of nitrogen functional groups attached to an aromatic ring is 1. The van der Waals surface area contributed by atoms with E-state index in [1.165, 1.54) is 0 Å². The van der Waals surface area contributed by atoms with Gasteiger partial charge in [0, 0.05) is 5.41 Å². The van der Waals surface area contributed by atoms with E-state index in [1.807, 2.05) is 0 Å². The van der Waals surface area contributed by atoms with Crippen molar-refractivity contribution in [3.05, 3.63) is 12.2 Å². The first-order valence-corrected chi connectivity index (χ1v) is 6.93. The highest BCUT2D eigenvalue weighted by Gasteiger charge is 2.71. The minimum atomic E-state index is -0.954. The molecule has 2 fully saturated rings. The largest absolute Gasteiger partial charge is 0.396 e. The molecule has 2 heterocycles. The zero-order chi connectivity index (χ0) is 14.9. The second-order valence-corrected chi connectivity index (χ2v) is 6.11. The molecule has 5 N–H and O–H groups in total. The quantitative estimate of drug-likeness (QED) is 0.557. The number of aliphatic hydroxyl groups is 3. The lowest BCUT2D eigenvalue weighted by atomic mass is 10.0. The fourth-order valence-electron chi connectivity index (χ4n) is 3.82. The van der Waals surface area contributed by atoms with Gasteiger partial charge in [-0.25, -0.2) is 15.0 Å². The summed E-state index contributed by atoms with van der Waals surface area (Å²) < 4.78 is 1.75. The molecule has 8 heteroatoms. The van der Waals surface area contributed by atoms with Crippen molar-refractivity contribution in [2.24, 2.45) is 11.3 Å². The Morgan fingerprint density at radius 3 is 2.86 bits per heavy atom. The van der Waals surface area contributed by atoms with Crippen molar-refractivity contribution in [1.82, 2.24) is 19.5 Å². The molecule has 1 unspecified atom stereocenters. The van der Waals surface area contributed by atoms with E-state index < -0.39 is 17.6 Å². The van der Waals surface area contributed by atoms with Crippen molar-refractivity contribution in [2.75, 3.05) is 12.3 Å². The third-order valence-electron chi connectivity index (χ3n) is 5.03. The number of aromatic nitrogens is 4. The van der Waals surface area contributed by atoms with Gasteiger partial charge in [-0.3, -0.25) is 0 Å². The van der Waals surface area contributed by atoms with Gasteiger partial charge < -0.3 is 25.6 Å². The maximum atomic E-state index is 10.3. The third kappa shape index (κ3) is 1.47. The van der Waals surface area contributed by atoms with E-state index in [0.29, 0.717) is 29.2 Å². The Kier molecular flexibility index (Phi) is 2.40. The molecule has 0 radical (unpaired) electrons. The lowest BCUT2D eigenvalue weighted by Crippen LogP contribution is -2.35. The minimum absolute atomic E-state index is 0.0152. The van der Waals surface area contributed by atoms with E-state index in [-0.39, 0.29) is 18.6 Å². The standard InChI is InChI=1S/C13H17N5O3/c1-5-16-11(14)7-12(17-5)18(4-15-7)8-6-2-13(6,3-19)10(21)9(8)20/h4,6,8-10,19-21H,2-3H2,1H3,(H2,14,16,17)/t6-,8-,9-,10?,13-/m1/s1. The van der Waals surface area contributed by atoms with Crippen LogP contribution in [0.3, 0.4) is 0 Å².